The van der Waals surface area contributed by atoms with E-state index in [0.29, 0.717) is 12.3 Å². The molecule has 0 aliphatic carbocycles. The van der Waals surface area contributed by atoms with Crippen LogP contribution in [0.4, 0.5) is 4.39 Å². The summed E-state index contributed by atoms with van der Waals surface area (Å²) in [6, 6.07) is 12.0. The molecule has 2 aromatic rings. The van der Waals surface area contributed by atoms with Crippen molar-refractivity contribution in [2.24, 2.45) is 0 Å². The molecule has 0 heterocycles. The minimum absolute atomic E-state index is 0.0709. The number of carbonyl (C=O) groups is 1. The molecule has 2 aromatic carbocycles. The lowest BCUT2D eigenvalue weighted by atomic mass is 10.1. The summed E-state index contributed by atoms with van der Waals surface area (Å²) in [5.41, 5.74) is -0.605. The Labute approximate surface area is 155 Å². The second-order valence-electron chi connectivity index (χ2n) is 5.98. The van der Waals surface area contributed by atoms with Gasteiger partial charge in [0.25, 0.3) is 0 Å². The zero-order chi connectivity index (χ0) is 18.4. The number of carboxylic acid groups (broad SMARTS) is 1. The fraction of sp³-hybridized carbons (Fsp3) is 0.278. The van der Waals surface area contributed by atoms with Gasteiger partial charge in [-0.1, -0.05) is 35.5 Å². The van der Waals surface area contributed by atoms with E-state index in [2.05, 4.69) is 5.32 Å². The van der Waals surface area contributed by atoms with Gasteiger partial charge in [-0.3, -0.25) is 4.79 Å². The molecule has 2 N–H and O–H groups in total. The van der Waals surface area contributed by atoms with Gasteiger partial charge in [-0.05, 0) is 44.2 Å². The molecular weight excluding hydrogens is 365 g/mol. The molecule has 134 valence electrons. The van der Waals surface area contributed by atoms with E-state index in [1.807, 2.05) is 38.1 Å². The zero-order valence-corrected chi connectivity index (χ0v) is 15.5. The Balaban J connectivity index is 2.11. The second-order valence-corrected chi connectivity index (χ2v) is 7.51. The Morgan fingerprint density at radius 1 is 1.32 bits per heavy atom. The summed E-state index contributed by atoms with van der Waals surface area (Å²) in [6.07, 6.45) is 0. The predicted octanol–water partition coefficient (Wildman–Crippen LogP) is 4.46. The highest BCUT2D eigenvalue weighted by Gasteiger charge is 2.21. The van der Waals surface area contributed by atoms with Crippen LogP contribution in [0, 0.1) is 5.82 Å². The summed E-state index contributed by atoms with van der Waals surface area (Å²) in [5, 5.41) is 11.6. The molecule has 0 saturated carbocycles. The van der Waals surface area contributed by atoms with Crippen LogP contribution in [0.15, 0.2) is 52.3 Å². The molecule has 0 radical (unpaired) electrons. The van der Waals surface area contributed by atoms with Gasteiger partial charge in [0.1, 0.15) is 17.2 Å². The summed E-state index contributed by atoms with van der Waals surface area (Å²) < 4.78 is 19.4. The number of carboxylic acids is 1. The Kier molecular flexibility index (Phi) is 6.70. The molecule has 0 spiro atoms. The maximum atomic E-state index is 13.3. The first-order valence-corrected chi connectivity index (χ1v) is 8.80. The molecule has 0 aliphatic rings. The molecule has 7 heteroatoms. The van der Waals surface area contributed by atoms with Crippen LogP contribution in [0.3, 0.4) is 0 Å². The van der Waals surface area contributed by atoms with E-state index in [0.717, 1.165) is 9.79 Å². The number of halogens is 2. The molecule has 0 aliphatic heterocycles. The molecule has 25 heavy (non-hydrogen) atoms. The minimum atomic E-state index is -0.917. The second kappa shape index (κ2) is 8.56. The Bertz CT molecular complexity index is 755. The first-order chi connectivity index (χ1) is 11.8. The van der Waals surface area contributed by atoms with E-state index in [-0.39, 0.29) is 11.6 Å². The molecule has 0 aromatic heterocycles. The number of benzene rings is 2. The van der Waals surface area contributed by atoms with Gasteiger partial charge in [0, 0.05) is 11.4 Å². The molecule has 0 bridgehead atoms. The van der Waals surface area contributed by atoms with Crippen LogP contribution in [0.2, 0.25) is 5.02 Å². The Hall–Kier alpha value is -1.76. The van der Waals surface area contributed by atoms with Gasteiger partial charge in [0.2, 0.25) is 0 Å². The SMILES string of the molecule is CC(C)(CNCC(=O)O)Oc1ccccc1Sc1ccc(F)c(Cl)c1. The van der Waals surface area contributed by atoms with Gasteiger partial charge in [0.05, 0.1) is 16.5 Å². The van der Waals surface area contributed by atoms with E-state index in [9.17, 15) is 9.18 Å². The zero-order valence-electron chi connectivity index (χ0n) is 13.9. The number of hydrogen-bond acceptors (Lipinski definition) is 4. The molecule has 4 nitrogen and oxygen atoms in total. The number of ether oxygens (including phenoxy) is 1. The van der Waals surface area contributed by atoms with Crippen LogP contribution in [-0.4, -0.2) is 29.8 Å². The summed E-state index contributed by atoms with van der Waals surface area (Å²) in [6.45, 7) is 3.99. The predicted molar refractivity (Wildman–Crippen MR) is 97.2 cm³/mol. The summed E-state index contributed by atoms with van der Waals surface area (Å²) in [4.78, 5) is 12.3. The van der Waals surface area contributed by atoms with Crippen molar-refractivity contribution in [3.8, 4) is 5.75 Å². The average Bonchev–Trinajstić information content (AvgIpc) is 2.52. The molecule has 0 fully saturated rings. The van der Waals surface area contributed by atoms with Crippen molar-refractivity contribution in [2.45, 2.75) is 29.2 Å². The topological polar surface area (TPSA) is 58.6 Å². The average molecular weight is 384 g/mol. The normalized spacial score (nSPS) is 11.4. The highest BCUT2D eigenvalue weighted by Crippen LogP contribution is 2.37. The van der Waals surface area contributed by atoms with Gasteiger partial charge in [-0.25, -0.2) is 4.39 Å². The van der Waals surface area contributed by atoms with Crippen molar-refractivity contribution in [1.82, 2.24) is 5.32 Å². The maximum Gasteiger partial charge on any atom is 0.317 e. The third-order valence-electron chi connectivity index (χ3n) is 3.18. The number of rotatable bonds is 8. The van der Waals surface area contributed by atoms with Gasteiger partial charge < -0.3 is 15.2 Å². The summed E-state index contributed by atoms with van der Waals surface area (Å²) >= 11 is 7.25. The molecular formula is C18H19ClFNO3S. The Morgan fingerprint density at radius 3 is 2.72 bits per heavy atom. The first-order valence-electron chi connectivity index (χ1n) is 7.60. The standard InChI is InChI=1S/C18H19ClFNO3S/c1-18(2,11-21-10-17(22)23)24-15-5-3-4-6-16(15)25-12-7-8-14(20)13(19)9-12/h3-9,21H,10-11H2,1-2H3,(H,22,23). The fourth-order valence-electron chi connectivity index (χ4n) is 2.09. The molecule has 0 unspecified atom stereocenters. The third-order valence-corrected chi connectivity index (χ3v) is 4.52. The highest BCUT2D eigenvalue weighted by molar-refractivity contribution is 7.99. The van der Waals surface area contributed by atoms with Crippen molar-refractivity contribution in [3.63, 3.8) is 0 Å². The Morgan fingerprint density at radius 2 is 2.04 bits per heavy atom. The highest BCUT2D eigenvalue weighted by atomic mass is 35.5. The molecule has 0 atom stereocenters. The van der Waals surface area contributed by atoms with Crippen LogP contribution >= 0.6 is 23.4 Å². The van der Waals surface area contributed by atoms with Gasteiger partial charge in [0.15, 0.2) is 0 Å². The summed E-state index contributed by atoms with van der Waals surface area (Å²) in [7, 11) is 0. The van der Waals surface area contributed by atoms with Crippen LogP contribution in [0.1, 0.15) is 13.8 Å². The third kappa shape index (κ3) is 6.23. The number of aliphatic carboxylic acids is 1. The van der Waals surface area contributed by atoms with E-state index in [1.54, 1.807) is 12.1 Å². The lowest BCUT2D eigenvalue weighted by Gasteiger charge is -2.27. The number of hydrogen-bond donors (Lipinski definition) is 2. The minimum Gasteiger partial charge on any atom is -0.485 e. The van der Waals surface area contributed by atoms with E-state index in [4.69, 9.17) is 21.4 Å². The largest absolute Gasteiger partial charge is 0.485 e. The van der Waals surface area contributed by atoms with E-state index >= 15 is 0 Å². The van der Waals surface area contributed by atoms with Crippen LogP contribution in [0.5, 0.6) is 5.75 Å². The lowest BCUT2D eigenvalue weighted by molar-refractivity contribution is -0.136. The van der Waals surface area contributed by atoms with Gasteiger partial charge in [-0.2, -0.15) is 0 Å². The van der Waals surface area contributed by atoms with Gasteiger partial charge in [-0.15, -0.1) is 0 Å². The molecule has 0 saturated heterocycles. The van der Waals surface area contributed by atoms with Crippen molar-refractivity contribution in [2.75, 3.05) is 13.1 Å². The first kappa shape index (κ1) is 19.6. The van der Waals surface area contributed by atoms with E-state index in [1.165, 1.54) is 17.8 Å². The van der Waals surface area contributed by atoms with Crippen LogP contribution < -0.4 is 10.1 Å². The molecule has 0 amide bonds. The fourth-order valence-corrected chi connectivity index (χ4v) is 3.26. The lowest BCUT2D eigenvalue weighted by Crippen LogP contribution is -2.42. The maximum absolute atomic E-state index is 13.3. The van der Waals surface area contributed by atoms with Gasteiger partial charge >= 0.3 is 5.97 Å². The summed E-state index contributed by atoms with van der Waals surface area (Å²) in [5.74, 6) is -0.712. The van der Waals surface area contributed by atoms with Crippen molar-refractivity contribution < 1.29 is 19.0 Å². The smallest absolute Gasteiger partial charge is 0.317 e. The number of nitrogens with one attached hydrogen (secondary N) is 1. The number of para-hydroxylation sites is 1. The van der Waals surface area contributed by atoms with Crippen molar-refractivity contribution in [3.05, 3.63) is 53.3 Å². The van der Waals surface area contributed by atoms with Crippen LogP contribution in [0.25, 0.3) is 0 Å². The monoisotopic (exact) mass is 383 g/mol. The van der Waals surface area contributed by atoms with Crippen molar-refractivity contribution >= 4 is 29.3 Å². The molecule has 2 rings (SSSR count). The quantitative estimate of drug-likeness (QED) is 0.704. The van der Waals surface area contributed by atoms with E-state index < -0.39 is 17.4 Å². The van der Waals surface area contributed by atoms with Crippen molar-refractivity contribution in [1.29, 1.82) is 0 Å². The van der Waals surface area contributed by atoms with Crippen LogP contribution in [-0.2, 0) is 4.79 Å².